The number of Topliss-reactive ketones (excluding diaryl/α,β-unsaturated/α-hetero) is 1. The molecule has 78 valence electrons. The van der Waals surface area contributed by atoms with E-state index in [0.29, 0.717) is 18.3 Å². The van der Waals surface area contributed by atoms with Gasteiger partial charge in [-0.15, -0.1) is 0 Å². The number of carbonyl (C=O) groups is 1. The van der Waals surface area contributed by atoms with Gasteiger partial charge in [0.05, 0.1) is 6.61 Å². The van der Waals surface area contributed by atoms with Gasteiger partial charge in [0.2, 0.25) is 0 Å². The van der Waals surface area contributed by atoms with Crippen molar-refractivity contribution in [1.29, 1.82) is 0 Å². The fourth-order valence-electron chi connectivity index (χ4n) is 2.39. The lowest BCUT2D eigenvalue weighted by atomic mass is 9.82. The molecule has 0 aromatic carbocycles. The maximum Gasteiger partial charge on any atom is 0.138 e. The van der Waals surface area contributed by atoms with Crippen molar-refractivity contribution in [3.8, 4) is 0 Å². The summed E-state index contributed by atoms with van der Waals surface area (Å²) in [4.78, 5) is 11.8. The van der Waals surface area contributed by atoms with E-state index in [1.54, 1.807) is 0 Å². The molecule has 0 amide bonds. The van der Waals surface area contributed by atoms with E-state index in [0.717, 1.165) is 38.7 Å². The zero-order valence-corrected chi connectivity index (χ0v) is 8.58. The number of ketones is 1. The lowest BCUT2D eigenvalue weighted by Crippen LogP contribution is -2.33. The standard InChI is InChI=1S/C12H18O2/c13-12-6-4-2-1-3-5-10-7-8-14-9-11(10)12/h1,3,10-11H,2,4-9H2/b3-1-/t10-,11+/m0/s1. The summed E-state index contributed by atoms with van der Waals surface area (Å²) < 4.78 is 5.40. The second-order valence-corrected chi connectivity index (χ2v) is 4.30. The molecule has 2 atom stereocenters. The van der Waals surface area contributed by atoms with Crippen molar-refractivity contribution >= 4 is 5.78 Å². The minimum absolute atomic E-state index is 0.187. The predicted octanol–water partition coefficient (Wildman–Crippen LogP) is 2.34. The van der Waals surface area contributed by atoms with Crippen LogP contribution in [-0.2, 0) is 9.53 Å². The van der Waals surface area contributed by atoms with Gasteiger partial charge in [-0.2, -0.15) is 0 Å². The summed E-state index contributed by atoms with van der Waals surface area (Å²) in [6, 6.07) is 0. The largest absolute Gasteiger partial charge is 0.381 e. The third-order valence-electron chi connectivity index (χ3n) is 3.31. The molecule has 0 bridgehead atoms. The van der Waals surface area contributed by atoms with E-state index in [1.807, 2.05) is 0 Å². The Labute approximate surface area is 85.3 Å². The van der Waals surface area contributed by atoms with Gasteiger partial charge in [0.1, 0.15) is 5.78 Å². The first kappa shape index (κ1) is 9.91. The smallest absolute Gasteiger partial charge is 0.138 e. The van der Waals surface area contributed by atoms with Crippen LogP contribution in [0.25, 0.3) is 0 Å². The lowest BCUT2D eigenvalue weighted by molar-refractivity contribution is -0.129. The highest BCUT2D eigenvalue weighted by Gasteiger charge is 2.30. The molecular formula is C12H18O2. The molecule has 2 heteroatoms. The Hall–Kier alpha value is -0.630. The van der Waals surface area contributed by atoms with Crippen LogP contribution < -0.4 is 0 Å². The van der Waals surface area contributed by atoms with E-state index >= 15 is 0 Å². The molecule has 0 unspecified atom stereocenters. The Morgan fingerprint density at radius 2 is 2.29 bits per heavy atom. The SMILES string of the molecule is O=C1CCC/C=C\C[C@H]2CCOC[C@@H]12. The highest BCUT2D eigenvalue weighted by atomic mass is 16.5. The van der Waals surface area contributed by atoms with Crippen LogP contribution in [0, 0.1) is 11.8 Å². The minimum atomic E-state index is 0.187. The van der Waals surface area contributed by atoms with Gasteiger partial charge in [-0.1, -0.05) is 12.2 Å². The fourth-order valence-corrected chi connectivity index (χ4v) is 2.39. The fraction of sp³-hybridized carbons (Fsp3) is 0.750. The Morgan fingerprint density at radius 3 is 3.21 bits per heavy atom. The summed E-state index contributed by atoms with van der Waals surface area (Å²) in [5, 5.41) is 0. The quantitative estimate of drug-likeness (QED) is 0.553. The molecule has 1 aliphatic heterocycles. The summed E-state index contributed by atoms with van der Waals surface area (Å²) in [5.41, 5.74) is 0. The first-order chi connectivity index (χ1) is 6.88. The number of rotatable bonds is 0. The van der Waals surface area contributed by atoms with E-state index in [2.05, 4.69) is 12.2 Å². The Bertz CT molecular complexity index is 232. The van der Waals surface area contributed by atoms with Crippen molar-refractivity contribution in [1.82, 2.24) is 0 Å². The summed E-state index contributed by atoms with van der Waals surface area (Å²) in [5.74, 6) is 1.16. The minimum Gasteiger partial charge on any atom is -0.381 e. The number of fused-ring (bicyclic) bond motifs is 1. The molecular weight excluding hydrogens is 176 g/mol. The van der Waals surface area contributed by atoms with Gasteiger partial charge in [0, 0.05) is 18.9 Å². The van der Waals surface area contributed by atoms with Crippen LogP contribution in [0.15, 0.2) is 12.2 Å². The molecule has 1 heterocycles. The van der Waals surface area contributed by atoms with Crippen LogP contribution in [0.4, 0.5) is 0 Å². The molecule has 1 aliphatic carbocycles. The van der Waals surface area contributed by atoms with Gasteiger partial charge >= 0.3 is 0 Å². The van der Waals surface area contributed by atoms with Crippen molar-refractivity contribution in [2.24, 2.45) is 11.8 Å². The van der Waals surface area contributed by atoms with E-state index in [1.165, 1.54) is 0 Å². The molecule has 0 saturated carbocycles. The molecule has 2 rings (SSSR count). The van der Waals surface area contributed by atoms with Gasteiger partial charge in [-0.25, -0.2) is 0 Å². The molecule has 0 aromatic rings. The lowest BCUT2D eigenvalue weighted by Gasteiger charge is -2.29. The maximum atomic E-state index is 11.8. The first-order valence-electron chi connectivity index (χ1n) is 5.63. The molecule has 14 heavy (non-hydrogen) atoms. The normalized spacial score (nSPS) is 36.4. The first-order valence-corrected chi connectivity index (χ1v) is 5.63. The predicted molar refractivity (Wildman–Crippen MR) is 55.0 cm³/mol. The van der Waals surface area contributed by atoms with Crippen LogP contribution >= 0.6 is 0 Å². The Kier molecular flexibility index (Phi) is 3.35. The monoisotopic (exact) mass is 194 g/mol. The van der Waals surface area contributed by atoms with Crippen molar-refractivity contribution in [3.05, 3.63) is 12.2 Å². The second kappa shape index (κ2) is 4.74. The molecule has 1 fully saturated rings. The zero-order chi connectivity index (χ0) is 9.80. The Balaban J connectivity index is 2.06. The van der Waals surface area contributed by atoms with Gasteiger partial charge < -0.3 is 4.74 Å². The van der Waals surface area contributed by atoms with Gasteiger partial charge in [-0.3, -0.25) is 4.79 Å². The number of ether oxygens (including phenoxy) is 1. The highest BCUT2D eigenvalue weighted by Crippen LogP contribution is 2.28. The average Bonchev–Trinajstić information content (AvgIpc) is 2.30. The van der Waals surface area contributed by atoms with Crippen molar-refractivity contribution < 1.29 is 9.53 Å². The van der Waals surface area contributed by atoms with Gasteiger partial charge in [-0.05, 0) is 31.6 Å². The van der Waals surface area contributed by atoms with Crippen LogP contribution in [-0.4, -0.2) is 19.0 Å². The third kappa shape index (κ3) is 2.24. The summed E-state index contributed by atoms with van der Waals surface area (Å²) in [7, 11) is 0. The average molecular weight is 194 g/mol. The molecule has 0 spiro atoms. The number of allylic oxidation sites excluding steroid dienone is 2. The zero-order valence-electron chi connectivity index (χ0n) is 8.58. The number of hydrogen-bond donors (Lipinski definition) is 0. The van der Waals surface area contributed by atoms with E-state index < -0.39 is 0 Å². The molecule has 2 nitrogen and oxygen atoms in total. The van der Waals surface area contributed by atoms with Gasteiger partial charge in [0.15, 0.2) is 0 Å². The van der Waals surface area contributed by atoms with Crippen LogP contribution in [0.3, 0.4) is 0 Å². The molecule has 0 N–H and O–H groups in total. The van der Waals surface area contributed by atoms with E-state index in [-0.39, 0.29) is 5.92 Å². The third-order valence-corrected chi connectivity index (χ3v) is 3.31. The number of carbonyl (C=O) groups excluding carboxylic acids is 1. The topological polar surface area (TPSA) is 26.3 Å². The second-order valence-electron chi connectivity index (χ2n) is 4.30. The van der Waals surface area contributed by atoms with Crippen LogP contribution in [0.5, 0.6) is 0 Å². The van der Waals surface area contributed by atoms with Crippen molar-refractivity contribution in [2.45, 2.75) is 32.1 Å². The maximum absolute atomic E-state index is 11.8. The highest BCUT2D eigenvalue weighted by molar-refractivity contribution is 5.81. The van der Waals surface area contributed by atoms with Crippen molar-refractivity contribution in [2.75, 3.05) is 13.2 Å². The Morgan fingerprint density at radius 1 is 1.36 bits per heavy atom. The summed E-state index contributed by atoms with van der Waals surface area (Å²) in [6.07, 6.45) is 9.42. The van der Waals surface area contributed by atoms with Crippen LogP contribution in [0.1, 0.15) is 32.1 Å². The molecule has 0 aromatic heterocycles. The van der Waals surface area contributed by atoms with E-state index in [4.69, 9.17) is 4.74 Å². The van der Waals surface area contributed by atoms with Crippen LogP contribution in [0.2, 0.25) is 0 Å². The van der Waals surface area contributed by atoms with Gasteiger partial charge in [0.25, 0.3) is 0 Å². The molecule has 0 radical (unpaired) electrons. The number of hydrogen-bond acceptors (Lipinski definition) is 2. The molecule has 1 saturated heterocycles. The van der Waals surface area contributed by atoms with Crippen molar-refractivity contribution in [3.63, 3.8) is 0 Å². The summed E-state index contributed by atoms with van der Waals surface area (Å²) >= 11 is 0. The summed E-state index contributed by atoms with van der Waals surface area (Å²) in [6.45, 7) is 1.50. The molecule has 2 aliphatic rings. The van der Waals surface area contributed by atoms with E-state index in [9.17, 15) is 4.79 Å².